The summed E-state index contributed by atoms with van der Waals surface area (Å²) in [7, 11) is 1.95. The summed E-state index contributed by atoms with van der Waals surface area (Å²) >= 11 is 0. The third-order valence-corrected chi connectivity index (χ3v) is 3.05. The van der Waals surface area contributed by atoms with Crippen LogP contribution in [0.3, 0.4) is 0 Å². The standard InChI is InChI=1S/C14H13N3O/c1-17-8-10(11-6-5-9(15)7-16-11)14-12(17)3-2-4-13(14)18/h2-8,18H,15H2,1H3. The van der Waals surface area contributed by atoms with Gasteiger partial charge in [-0.25, -0.2) is 0 Å². The van der Waals surface area contributed by atoms with E-state index in [0.29, 0.717) is 5.69 Å². The monoisotopic (exact) mass is 239 g/mol. The fraction of sp³-hybridized carbons (Fsp3) is 0.0714. The van der Waals surface area contributed by atoms with Crippen LogP contribution in [0.25, 0.3) is 22.2 Å². The van der Waals surface area contributed by atoms with E-state index in [1.54, 1.807) is 18.3 Å². The molecule has 0 unspecified atom stereocenters. The second-order valence-corrected chi connectivity index (χ2v) is 4.30. The minimum atomic E-state index is 0.265. The molecule has 0 saturated carbocycles. The SMILES string of the molecule is Cn1cc(-c2ccc(N)cn2)c2c(O)cccc21. The maximum Gasteiger partial charge on any atom is 0.125 e. The van der Waals surface area contributed by atoms with Gasteiger partial charge in [0.25, 0.3) is 0 Å². The molecular weight excluding hydrogens is 226 g/mol. The third kappa shape index (κ3) is 1.50. The molecule has 2 aromatic heterocycles. The van der Waals surface area contributed by atoms with Gasteiger partial charge in [0.1, 0.15) is 5.75 Å². The normalized spacial score (nSPS) is 10.9. The van der Waals surface area contributed by atoms with Gasteiger partial charge < -0.3 is 15.4 Å². The third-order valence-electron chi connectivity index (χ3n) is 3.05. The van der Waals surface area contributed by atoms with Crippen molar-refractivity contribution in [3.8, 4) is 17.0 Å². The molecule has 0 aliphatic rings. The van der Waals surface area contributed by atoms with Crippen LogP contribution in [0.2, 0.25) is 0 Å². The lowest BCUT2D eigenvalue weighted by Gasteiger charge is -2.01. The van der Waals surface area contributed by atoms with Gasteiger partial charge in [-0.1, -0.05) is 6.07 Å². The highest BCUT2D eigenvalue weighted by Crippen LogP contribution is 2.35. The fourth-order valence-corrected chi connectivity index (χ4v) is 2.18. The van der Waals surface area contributed by atoms with Gasteiger partial charge >= 0.3 is 0 Å². The molecular formula is C14H13N3O. The van der Waals surface area contributed by atoms with E-state index >= 15 is 0 Å². The summed E-state index contributed by atoms with van der Waals surface area (Å²) in [6, 6.07) is 9.15. The fourth-order valence-electron chi connectivity index (χ4n) is 2.18. The average molecular weight is 239 g/mol. The number of aryl methyl sites for hydroxylation is 1. The second-order valence-electron chi connectivity index (χ2n) is 4.30. The first-order valence-electron chi connectivity index (χ1n) is 5.66. The Morgan fingerprint density at radius 1 is 1.22 bits per heavy atom. The highest BCUT2D eigenvalue weighted by Gasteiger charge is 2.12. The molecule has 3 aromatic rings. The number of aromatic hydroxyl groups is 1. The molecule has 4 heteroatoms. The van der Waals surface area contributed by atoms with Crippen molar-refractivity contribution in [2.75, 3.05) is 5.73 Å². The highest BCUT2D eigenvalue weighted by atomic mass is 16.3. The number of nitrogens with two attached hydrogens (primary N) is 1. The Balaban J connectivity index is 2.32. The minimum Gasteiger partial charge on any atom is -0.507 e. The second kappa shape index (κ2) is 3.77. The number of benzene rings is 1. The smallest absolute Gasteiger partial charge is 0.125 e. The maximum absolute atomic E-state index is 10.0. The molecule has 4 nitrogen and oxygen atoms in total. The Morgan fingerprint density at radius 2 is 2.06 bits per heavy atom. The predicted octanol–water partition coefficient (Wildman–Crippen LogP) is 2.53. The number of phenolic OH excluding ortho intramolecular Hbond substituents is 1. The number of nitrogens with zero attached hydrogens (tertiary/aromatic N) is 2. The number of anilines is 1. The molecule has 0 fully saturated rings. The van der Waals surface area contributed by atoms with Crippen molar-refractivity contribution in [1.82, 2.24) is 9.55 Å². The lowest BCUT2D eigenvalue weighted by atomic mass is 10.1. The van der Waals surface area contributed by atoms with Crippen LogP contribution in [0.5, 0.6) is 5.75 Å². The van der Waals surface area contributed by atoms with E-state index < -0.39 is 0 Å². The van der Waals surface area contributed by atoms with Crippen molar-refractivity contribution in [3.05, 3.63) is 42.7 Å². The molecule has 0 bridgehead atoms. The molecule has 18 heavy (non-hydrogen) atoms. The zero-order valence-corrected chi connectivity index (χ0v) is 9.96. The van der Waals surface area contributed by atoms with Crippen LogP contribution < -0.4 is 5.73 Å². The summed E-state index contributed by atoms with van der Waals surface area (Å²) < 4.78 is 1.97. The number of hydrogen-bond donors (Lipinski definition) is 2. The van der Waals surface area contributed by atoms with Crippen molar-refractivity contribution >= 4 is 16.6 Å². The van der Waals surface area contributed by atoms with Crippen molar-refractivity contribution in [2.45, 2.75) is 0 Å². The first-order chi connectivity index (χ1) is 8.66. The molecule has 0 aliphatic heterocycles. The molecule has 0 aliphatic carbocycles. The Kier molecular flexibility index (Phi) is 2.23. The summed E-state index contributed by atoms with van der Waals surface area (Å²) in [6.45, 7) is 0. The molecule has 0 amide bonds. The van der Waals surface area contributed by atoms with Crippen molar-refractivity contribution in [2.24, 2.45) is 7.05 Å². The Morgan fingerprint density at radius 3 is 2.78 bits per heavy atom. The van der Waals surface area contributed by atoms with Crippen LogP contribution in [-0.2, 0) is 7.05 Å². The zero-order chi connectivity index (χ0) is 12.7. The van der Waals surface area contributed by atoms with E-state index in [-0.39, 0.29) is 5.75 Å². The van der Waals surface area contributed by atoms with E-state index in [0.717, 1.165) is 22.2 Å². The Hall–Kier alpha value is -2.49. The molecule has 0 atom stereocenters. The number of pyridine rings is 1. The van der Waals surface area contributed by atoms with Gasteiger partial charge in [-0.2, -0.15) is 0 Å². The first-order valence-corrected chi connectivity index (χ1v) is 5.66. The molecule has 3 rings (SSSR count). The largest absolute Gasteiger partial charge is 0.507 e. The topological polar surface area (TPSA) is 64.1 Å². The highest BCUT2D eigenvalue weighted by molar-refractivity contribution is 5.99. The minimum absolute atomic E-state index is 0.265. The van der Waals surface area contributed by atoms with Crippen LogP contribution in [0.15, 0.2) is 42.7 Å². The first kappa shape index (κ1) is 10.7. The van der Waals surface area contributed by atoms with Crippen LogP contribution in [0.4, 0.5) is 5.69 Å². The lowest BCUT2D eigenvalue weighted by molar-refractivity contribution is 0.482. The van der Waals surface area contributed by atoms with Gasteiger partial charge in [-0.3, -0.25) is 4.98 Å². The molecule has 3 N–H and O–H groups in total. The maximum atomic E-state index is 10.0. The summed E-state index contributed by atoms with van der Waals surface area (Å²) in [6.07, 6.45) is 3.58. The van der Waals surface area contributed by atoms with Crippen molar-refractivity contribution < 1.29 is 5.11 Å². The molecule has 0 radical (unpaired) electrons. The molecule has 0 spiro atoms. The van der Waals surface area contributed by atoms with Crippen LogP contribution in [0, 0.1) is 0 Å². The number of hydrogen-bond acceptors (Lipinski definition) is 3. The number of fused-ring (bicyclic) bond motifs is 1. The zero-order valence-electron chi connectivity index (χ0n) is 9.96. The van der Waals surface area contributed by atoms with Gasteiger partial charge in [0.05, 0.1) is 28.5 Å². The van der Waals surface area contributed by atoms with Gasteiger partial charge in [-0.05, 0) is 24.3 Å². The number of aromatic nitrogens is 2. The number of nitrogen functional groups attached to an aromatic ring is 1. The number of rotatable bonds is 1. The van der Waals surface area contributed by atoms with Gasteiger partial charge in [0, 0.05) is 18.8 Å². The van der Waals surface area contributed by atoms with Crippen LogP contribution in [-0.4, -0.2) is 14.7 Å². The molecule has 0 saturated heterocycles. The van der Waals surface area contributed by atoms with E-state index in [1.165, 1.54) is 0 Å². The van der Waals surface area contributed by atoms with Crippen LogP contribution >= 0.6 is 0 Å². The van der Waals surface area contributed by atoms with E-state index in [4.69, 9.17) is 5.73 Å². The molecule has 90 valence electrons. The van der Waals surface area contributed by atoms with Crippen LogP contribution in [0.1, 0.15) is 0 Å². The molecule has 1 aromatic carbocycles. The summed E-state index contributed by atoms with van der Waals surface area (Å²) in [5, 5.41) is 10.8. The van der Waals surface area contributed by atoms with E-state index in [1.807, 2.05) is 36.0 Å². The Labute approximate surface area is 104 Å². The number of phenols is 1. The van der Waals surface area contributed by atoms with Gasteiger partial charge in [0.2, 0.25) is 0 Å². The summed E-state index contributed by atoms with van der Waals surface area (Å²) in [5.74, 6) is 0.265. The summed E-state index contributed by atoms with van der Waals surface area (Å²) in [4.78, 5) is 4.30. The lowest BCUT2D eigenvalue weighted by Crippen LogP contribution is -1.87. The van der Waals surface area contributed by atoms with Crippen molar-refractivity contribution in [1.29, 1.82) is 0 Å². The van der Waals surface area contributed by atoms with E-state index in [2.05, 4.69) is 4.98 Å². The van der Waals surface area contributed by atoms with E-state index in [9.17, 15) is 5.11 Å². The molecule has 2 heterocycles. The average Bonchev–Trinajstić information content (AvgIpc) is 2.70. The van der Waals surface area contributed by atoms with Gasteiger partial charge in [-0.15, -0.1) is 0 Å². The quantitative estimate of drug-likeness (QED) is 0.685. The van der Waals surface area contributed by atoms with Gasteiger partial charge in [0.15, 0.2) is 0 Å². The summed E-state index contributed by atoms with van der Waals surface area (Å²) in [5.41, 5.74) is 8.95. The predicted molar refractivity (Wildman–Crippen MR) is 72.2 cm³/mol. The van der Waals surface area contributed by atoms with Crippen molar-refractivity contribution in [3.63, 3.8) is 0 Å². The Bertz CT molecular complexity index is 714.